The lowest BCUT2D eigenvalue weighted by Gasteiger charge is -2.38. The summed E-state index contributed by atoms with van der Waals surface area (Å²) in [6.07, 6.45) is -2.29. The molecule has 3 heterocycles. The Balaban J connectivity index is 1.53. The van der Waals surface area contributed by atoms with Gasteiger partial charge in [-0.15, -0.1) is 5.10 Å². The average molecular weight is 477 g/mol. The van der Waals surface area contributed by atoms with Crippen molar-refractivity contribution in [3.8, 4) is 11.5 Å². The Morgan fingerprint density at radius 3 is 2.59 bits per heavy atom. The quantitative estimate of drug-likeness (QED) is 0.488. The minimum absolute atomic E-state index is 0.0964. The van der Waals surface area contributed by atoms with Crippen LogP contribution < -0.4 is 14.4 Å². The van der Waals surface area contributed by atoms with Gasteiger partial charge < -0.3 is 39.0 Å². The first-order chi connectivity index (χ1) is 16.2. The third-order valence-electron chi connectivity index (χ3n) is 6.97. The number of aryl methyl sites for hydroxylation is 1. The molecule has 2 aliphatic heterocycles. The number of amides is 1. The lowest BCUT2D eigenvalue weighted by Crippen LogP contribution is -2.54. The number of benzene rings is 1. The highest BCUT2D eigenvalue weighted by Gasteiger charge is 2.49. The van der Waals surface area contributed by atoms with Crippen LogP contribution in [0.3, 0.4) is 0 Å². The maximum Gasteiger partial charge on any atom is 0.318 e. The summed E-state index contributed by atoms with van der Waals surface area (Å²) in [6.45, 7) is 6.45. The van der Waals surface area contributed by atoms with Gasteiger partial charge in [-0.05, 0) is 24.6 Å². The zero-order valence-corrected chi connectivity index (χ0v) is 19.8. The van der Waals surface area contributed by atoms with Crippen LogP contribution in [0.25, 0.3) is 0 Å². The third kappa shape index (κ3) is 4.42. The van der Waals surface area contributed by atoms with Crippen molar-refractivity contribution in [3.05, 3.63) is 29.7 Å². The maximum absolute atomic E-state index is 12.5. The smallest absolute Gasteiger partial charge is 0.318 e. The zero-order chi connectivity index (χ0) is 24.6. The summed E-state index contributed by atoms with van der Waals surface area (Å²) >= 11 is 0. The van der Waals surface area contributed by atoms with E-state index in [0.717, 1.165) is 5.56 Å². The molecule has 11 nitrogen and oxygen atoms in total. The molecule has 4 atom stereocenters. The predicted octanol–water partition coefficient (Wildman–Crippen LogP) is 0.320. The van der Waals surface area contributed by atoms with Crippen LogP contribution in [0, 0.1) is 12.3 Å². The minimum Gasteiger partial charge on any atom is -0.493 e. The number of carbonyl (C=O) groups is 1. The first kappa shape index (κ1) is 24.2. The Hall–Kier alpha value is -2.89. The van der Waals surface area contributed by atoms with Crippen LogP contribution in [0.2, 0.25) is 0 Å². The van der Waals surface area contributed by atoms with Gasteiger partial charge in [0, 0.05) is 31.3 Å². The molecule has 3 N–H and O–H groups in total. The molecular weight excluding hydrogens is 444 g/mol. The van der Waals surface area contributed by atoms with Crippen LogP contribution >= 0.6 is 0 Å². The Morgan fingerprint density at radius 2 is 2.00 bits per heavy atom. The SMILES string of the molecule is COc1ccc([C@@H]2CN(C(=O)[C@@H](O)CO)C[C@@]2(C)[C@@H](C)O)cc1OC1CN(c2nnc(C)o2)C1. The van der Waals surface area contributed by atoms with Crippen LogP contribution in [0.4, 0.5) is 6.01 Å². The van der Waals surface area contributed by atoms with Gasteiger partial charge in [0.1, 0.15) is 6.10 Å². The summed E-state index contributed by atoms with van der Waals surface area (Å²) < 4.78 is 17.2. The van der Waals surface area contributed by atoms with Crippen LogP contribution in [-0.2, 0) is 4.79 Å². The molecule has 0 saturated carbocycles. The number of anilines is 1. The van der Waals surface area contributed by atoms with E-state index in [1.54, 1.807) is 21.0 Å². The molecule has 0 unspecified atom stereocenters. The zero-order valence-electron chi connectivity index (χ0n) is 19.8. The van der Waals surface area contributed by atoms with Crippen molar-refractivity contribution in [1.82, 2.24) is 15.1 Å². The largest absolute Gasteiger partial charge is 0.493 e. The Kier molecular flexibility index (Phi) is 6.70. The van der Waals surface area contributed by atoms with Gasteiger partial charge in [0.15, 0.2) is 17.6 Å². The number of ether oxygens (including phenoxy) is 2. The van der Waals surface area contributed by atoms with Crippen molar-refractivity contribution in [2.75, 3.05) is 44.8 Å². The van der Waals surface area contributed by atoms with E-state index in [9.17, 15) is 20.1 Å². The van der Waals surface area contributed by atoms with Gasteiger partial charge in [0.25, 0.3) is 5.91 Å². The molecule has 2 aliphatic rings. The van der Waals surface area contributed by atoms with Crippen molar-refractivity contribution in [3.63, 3.8) is 0 Å². The number of aliphatic hydroxyl groups is 3. The molecule has 1 aromatic carbocycles. The van der Waals surface area contributed by atoms with Gasteiger partial charge in [-0.2, -0.15) is 0 Å². The van der Waals surface area contributed by atoms with Gasteiger partial charge in [-0.3, -0.25) is 4.79 Å². The molecule has 1 aromatic heterocycles. The Morgan fingerprint density at radius 1 is 1.26 bits per heavy atom. The summed E-state index contributed by atoms with van der Waals surface area (Å²) in [5, 5.41) is 37.5. The number of aliphatic hydroxyl groups excluding tert-OH is 3. The van der Waals surface area contributed by atoms with Gasteiger partial charge in [-0.25, -0.2) is 0 Å². The molecule has 0 spiro atoms. The van der Waals surface area contributed by atoms with Gasteiger partial charge >= 0.3 is 6.01 Å². The first-order valence-electron chi connectivity index (χ1n) is 11.3. The summed E-state index contributed by atoms with van der Waals surface area (Å²) in [5.74, 6) is 0.892. The number of methoxy groups -OCH3 is 1. The number of aromatic nitrogens is 2. The second-order valence-corrected chi connectivity index (χ2v) is 9.31. The highest BCUT2D eigenvalue weighted by molar-refractivity contribution is 5.81. The molecule has 0 radical (unpaired) electrons. The molecular formula is C23H32N4O7. The fourth-order valence-corrected chi connectivity index (χ4v) is 4.65. The molecule has 0 aliphatic carbocycles. The van der Waals surface area contributed by atoms with E-state index >= 15 is 0 Å². The predicted molar refractivity (Wildman–Crippen MR) is 121 cm³/mol. The fraction of sp³-hybridized carbons (Fsp3) is 0.609. The maximum atomic E-state index is 12.5. The van der Waals surface area contributed by atoms with E-state index in [2.05, 4.69) is 10.2 Å². The third-order valence-corrected chi connectivity index (χ3v) is 6.97. The van der Waals surface area contributed by atoms with E-state index < -0.39 is 30.1 Å². The van der Waals surface area contributed by atoms with E-state index in [1.165, 1.54) is 4.90 Å². The normalized spacial score (nSPS) is 24.6. The highest BCUT2D eigenvalue weighted by Crippen LogP contribution is 2.47. The lowest BCUT2D eigenvalue weighted by molar-refractivity contribution is -0.141. The highest BCUT2D eigenvalue weighted by atomic mass is 16.5. The van der Waals surface area contributed by atoms with Crippen molar-refractivity contribution in [2.45, 2.75) is 45.0 Å². The topological polar surface area (TPSA) is 142 Å². The summed E-state index contributed by atoms with van der Waals surface area (Å²) in [7, 11) is 1.57. The van der Waals surface area contributed by atoms with E-state index in [1.807, 2.05) is 30.0 Å². The van der Waals surface area contributed by atoms with Crippen molar-refractivity contribution in [2.24, 2.45) is 5.41 Å². The number of likely N-dealkylation sites (tertiary alicyclic amines) is 1. The van der Waals surface area contributed by atoms with Gasteiger partial charge in [-0.1, -0.05) is 18.1 Å². The van der Waals surface area contributed by atoms with Gasteiger partial charge in [0.2, 0.25) is 5.89 Å². The average Bonchev–Trinajstić information content (AvgIpc) is 3.38. The fourth-order valence-electron chi connectivity index (χ4n) is 4.65. The lowest BCUT2D eigenvalue weighted by atomic mass is 9.72. The molecule has 4 rings (SSSR count). The molecule has 34 heavy (non-hydrogen) atoms. The van der Waals surface area contributed by atoms with Crippen LogP contribution in [0.15, 0.2) is 22.6 Å². The van der Waals surface area contributed by atoms with Crippen LogP contribution in [0.5, 0.6) is 11.5 Å². The van der Waals surface area contributed by atoms with Crippen LogP contribution in [0.1, 0.15) is 31.2 Å². The minimum atomic E-state index is -1.48. The van der Waals surface area contributed by atoms with Gasteiger partial charge in [0.05, 0.1) is 32.9 Å². The standard InChI is InChI=1S/C23H32N4O7/c1-13(29)23(3)12-27(21(31)18(30)11-28)10-17(23)15-5-6-19(32-4)20(7-15)34-16-8-26(9-16)22-25-24-14(2)33-22/h5-7,13,16-18,28-30H,8-12H2,1-4H3/t13-,17+,18+,23+/m1/s1. The molecule has 0 bridgehead atoms. The van der Waals surface area contributed by atoms with Crippen molar-refractivity contribution in [1.29, 1.82) is 0 Å². The van der Waals surface area contributed by atoms with Crippen LogP contribution in [-0.4, -0.2) is 94.5 Å². The monoisotopic (exact) mass is 476 g/mol. The van der Waals surface area contributed by atoms with Crippen molar-refractivity contribution >= 4 is 11.9 Å². The first-order valence-corrected chi connectivity index (χ1v) is 11.3. The number of rotatable bonds is 8. The number of carbonyl (C=O) groups excluding carboxylic acids is 1. The molecule has 2 fully saturated rings. The number of hydrogen-bond acceptors (Lipinski definition) is 10. The number of hydrogen-bond donors (Lipinski definition) is 3. The molecule has 1 amide bonds. The van der Waals surface area contributed by atoms with Crippen molar-refractivity contribution < 1.29 is 34.0 Å². The van der Waals surface area contributed by atoms with E-state index in [0.29, 0.717) is 43.0 Å². The number of nitrogens with zero attached hydrogens (tertiary/aromatic N) is 4. The molecule has 2 saturated heterocycles. The second kappa shape index (κ2) is 9.40. The Labute approximate surface area is 197 Å². The van der Waals surface area contributed by atoms with E-state index in [4.69, 9.17) is 13.9 Å². The molecule has 11 heteroatoms. The summed E-state index contributed by atoms with van der Waals surface area (Å²) in [5.41, 5.74) is 0.233. The summed E-state index contributed by atoms with van der Waals surface area (Å²) in [6, 6.07) is 6.08. The molecule has 186 valence electrons. The van der Waals surface area contributed by atoms with E-state index in [-0.39, 0.29) is 18.6 Å². The molecule has 2 aromatic rings. The second-order valence-electron chi connectivity index (χ2n) is 9.31. The Bertz CT molecular complexity index is 1020. The summed E-state index contributed by atoms with van der Waals surface area (Å²) in [4.78, 5) is 16.0.